The van der Waals surface area contributed by atoms with Gasteiger partial charge in [0, 0.05) is 7.11 Å². The van der Waals surface area contributed by atoms with Crippen molar-refractivity contribution in [1.82, 2.24) is 0 Å². The van der Waals surface area contributed by atoms with Crippen LogP contribution in [0.5, 0.6) is 5.75 Å². The number of hydrogen-bond acceptors (Lipinski definition) is 4. The number of aliphatic hydroxyl groups is 2. The molecule has 4 nitrogen and oxygen atoms in total. The lowest BCUT2D eigenvalue weighted by Crippen LogP contribution is -2.44. The average Bonchev–Trinajstić information content (AvgIpc) is 2.85. The summed E-state index contributed by atoms with van der Waals surface area (Å²) in [6, 6.07) is 3.71. The summed E-state index contributed by atoms with van der Waals surface area (Å²) in [4.78, 5) is 0. The maximum Gasteiger partial charge on any atom is 0.188 e. The number of fused-ring (bicyclic) bond motifs is 5. The molecule has 0 heterocycles. The van der Waals surface area contributed by atoms with Crippen LogP contribution in [-0.4, -0.2) is 36.3 Å². The Kier molecular flexibility index (Phi) is 4.29. The van der Waals surface area contributed by atoms with Gasteiger partial charge in [0.1, 0.15) is 0 Å². The fourth-order valence-corrected chi connectivity index (χ4v) is 5.82. The molecule has 2 fully saturated rings. The molecule has 1 aromatic carbocycles. The summed E-state index contributed by atoms with van der Waals surface area (Å²) in [5.41, 5.74) is 1.66. The molecule has 3 aliphatic carbocycles. The second-order valence-electron chi connectivity index (χ2n) is 8.20. The Labute approximate surface area is 148 Å². The minimum Gasteiger partial charge on any atom is -0.464 e. The van der Waals surface area contributed by atoms with Crippen LogP contribution >= 0.6 is 0 Å². The predicted octanol–water partition coefficient (Wildman–Crippen LogP) is 3.00. The fourth-order valence-electron chi connectivity index (χ4n) is 5.82. The predicted molar refractivity (Wildman–Crippen MR) is 90.9 cm³/mol. The van der Waals surface area contributed by atoms with Crippen molar-refractivity contribution >= 4 is 0 Å². The molecule has 3 aliphatic rings. The first kappa shape index (κ1) is 17.3. The Hall–Kier alpha value is -1.17. The van der Waals surface area contributed by atoms with E-state index >= 15 is 0 Å². The summed E-state index contributed by atoms with van der Waals surface area (Å²) < 4.78 is 25.1. The molecule has 25 heavy (non-hydrogen) atoms. The molecule has 0 spiro atoms. The topological polar surface area (TPSA) is 58.9 Å². The highest BCUT2D eigenvalue weighted by Gasteiger charge is 2.57. The van der Waals surface area contributed by atoms with Crippen molar-refractivity contribution in [2.24, 2.45) is 17.3 Å². The number of halogens is 1. The summed E-state index contributed by atoms with van der Waals surface area (Å²) in [5.74, 6) is 1.02. The first-order chi connectivity index (χ1) is 12.0. The van der Waals surface area contributed by atoms with Gasteiger partial charge in [-0.1, -0.05) is 13.0 Å². The van der Waals surface area contributed by atoms with E-state index in [-0.39, 0.29) is 23.8 Å². The molecule has 6 atom stereocenters. The van der Waals surface area contributed by atoms with Crippen LogP contribution < -0.4 is 4.74 Å². The third-order valence-electron chi connectivity index (χ3n) is 7.11. The molecule has 138 valence electrons. The molecule has 5 heteroatoms. The molecule has 0 aliphatic heterocycles. The maximum absolute atomic E-state index is 14.8. The number of rotatable bonds is 3. The summed E-state index contributed by atoms with van der Waals surface area (Å²) in [5, 5.41) is 20.7. The Morgan fingerprint density at radius 2 is 2.08 bits per heavy atom. The molecule has 0 aromatic heterocycles. The SMILES string of the molecule is COCOc1ccc2c(c1F)CC[C@@H]1[C@@H]2CC[C@]2(C)[C@@H](O)[C@@H](O)C[C@@H]12. The van der Waals surface area contributed by atoms with Crippen molar-refractivity contribution in [3.05, 3.63) is 29.1 Å². The van der Waals surface area contributed by atoms with Gasteiger partial charge in [-0.15, -0.1) is 0 Å². The van der Waals surface area contributed by atoms with Gasteiger partial charge in [-0.25, -0.2) is 4.39 Å². The Morgan fingerprint density at radius 3 is 2.84 bits per heavy atom. The normalized spacial score (nSPS) is 39.5. The maximum atomic E-state index is 14.8. The number of benzene rings is 1. The van der Waals surface area contributed by atoms with E-state index in [1.165, 1.54) is 7.11 Å². The zero-order valence-electron chi connectivity index (χ0n) is 14.9. The van der Waals surface area contributed by atoms with Crippen LogP contribution in [0.2, 0.25) is 0 Å². The lowest BCUT2D eigenvalue weighted by molar-refractivity contribution is -0.0506. The van der Waals surface area contributed by atoms with Gasteiger partial charge in [-0.2, -0.15) is 0 Å². The summed E-state index contributed by atoms with van der Waals surface area (Å²) in [6.07, 6.45) is 2.80. The van der Waals surface area contributed by atoms with Crippen molar-refractivity contribution in [3.8, 4) is 5.75 Å². The van der Waals surface area contributed by atoms with E-state index in [0.29, 0.717) is 30.6 Å². The van der Waals surface area contributed by atoms with Crippen LogP contribution in [0.3, 0.4) is 0 Å². The zero-order chi connectivity index (χ0) is 17.8. The number of hydrogen-bond donors (Lipinski definition) is 2. The third-order valence-corrected chi connectivity index (χ3v) is 7.11. The Morgan fingerprint density at radius 1 is 1.28 bits per heavy atom. The van der Waals surface area contributed by atoms with E-state index < -0.39 is 12.2 Å². The first-order valence-corrected chi connectivity index (χ1v) is 9.26. The lowest BCUT2D eigenvalue weighted by Gasteiger charge is -2.49. The van der Waals surface area contributed by atoms with E-state index in [0.717, 1.165) is 30.4 Å². The minimum absolute atomic E-state index is 0.0396. The molecular formula is C20H27FO4. The summed E-state index contributed by atoms with van der Waals surface area (Å²) in [7, 11) is 1.52. The second kappa shape index (κ2) is 6.22. The number of aliphatic hydroxyl groups excluding tert-OH is 2. The summed E-state index contributed by atoms with van der Waals surface area (Å²) in [6.45, 7) is 2.16. The van der Waals surface area contributed by atoms with Crippen molar-refractivity contribution in [3.63, 3.8) is 0 Å². The number of ether oxygens (including phenoxy) is 2. The monoisotopic (exact) mass is 350 g/mol. The standard InChI is InChI=1S/C20H27FO4/c1-20-8-7-12-11-5-6-17(25-10-24-2)18(21)14(11)4-3-13(12)15(20)9-16(22)19(20)23/h5-6,12-13,15-16,19,22-23H,3-4,7-10H2,1-2H3/t12-,13-,15+,16+,19+,20+/m1/s1. The molecule has 1 aromatic rings. The van der Waals surface area contributed by atoms with Crippen molar-refractivity contribution in [2.75, 3.05) is 13.9 Å². The van der Waals surface area contributed by atoms with Gasteiger partial charge in [0.15, 0.2) is 18.4 Å². The Bertz CT molecular complexity index is 663. The van der Waals surface area contributed by atoms with Crippen LogP contribution in [0.1, 0.15) is 49.7 Å². The molecule has 2 N–H and O–H groups in total. The van der Waals surface area contributed by atoms with E-state index in [4.69, 9.17) is 9.47 Å². The highest BCUT2D eigenvalue weighted by atomic mass is 19.1. The molecule has 0 bridgehead atoms. The molecule has 0 saturated heterocycles. The third kappa shape index (κ3) is 2.51. The fraction of sp³-hybridized carbons (Fsp3) is 0.700. The number of methoxy groups -OCH3 is 1. The van der Waals surface area contributed by atoms with E-state index in [1.807, 2.05) is 6.07 Å². The highest BCUT2D eigenvalue weighted by molar-refractivity contribution is 5.42. The van der Waals surface area contributed by atoms with Crippen LogP contribution in [0.4, 0.5) is 4.39 Å². The van der Waals surface area contributed by atoms with Crippen LogP contribution in [0.15, 0.2) is 12.1 Å². The van der Waals surface area contributed by atoms with Gasteiger partial charge >= 0.3 is 0 Å². The van der Waals surface area contributed by atoms with Gasteiger partial charge in [-0.05, 0) is 72.5 Å². The van der Waals surface area contributed by atoms with Gasteiger partial charge in [-0.3, -0.25) is 0 Å². The van der Waals surface area contributed by atoms with Crippen molar-refractivity contribution < 1.29 is 24.1 Å². The van der Waals surface area contributed by atoms with Crippen molar-refractivity contribution in [1.29, 1.82) is 0 Å². The van der Waals surface area contributed by atoms with E-state index in [9.17, 15) is 14.6 Å². The highest BCUT2D eigenvalue weighted by Crippen LogP contribution is 2.61. The van der Waals surface area contributed by atoms with Gasteiger partial charge < -0.3 is 19.7 Å². The molecule has 4 rings (SSSR count). The molecule has 0 amide bonds. The molecule has 0 radical (unpaired) electrons. The van der Waals surface area contributed by atoms with E-state index in [1.54, 1.807) is 6.07 Å². The lowest BCUT2D eigenvalue weighted by atomic mass is 9.55. The quantitative estimate of drug-likeness (QED) is 0.823. The molecule has 0 unspecified atom stereocenters. The average molecular weight is 350 g/mol. The van der Waals surface area contributed by atoms with Gasteiger partial charge in [0.05, 0.1) is 12.2 Å². The second-order valence-corrected chi connectivity index (χ2v) is 8.20. The van der Waals surface area contributed by atoms with Crippen LogP contribution in [0, 0.1) is 23.1 Å². The Balaban J connectivity index is 1.65. The smallest absolute Gasteiger partial charge is 0.188 e. The molecular weight excluding hydrogens is 323 g/mol. The zero-order valence-corrected chi connectivity index (χ0v) is 14.9. The largest absolute Gasteiger partial charge is 0.464 e. The van der Waals surface area contributed by atoms with Gasteiger partial charge in [0.25, 0.3) is 0 Å². The van der Waals surface area contributed by atoms with E-state index in [2.05, 4.69) is 6.92 Å². The van der Waals surface area contributed by atoms with Crippen molar-refractivity contribution in [2.45, 2.75) is 57.2 Å². The van der Waals surface area contributed by atoms with Gasteiger partial charge in [0.2, 0.25) is 0 Å². The van der Waals surface area contributed by atoms with Crippen LogP contribution in [-0.2, 0) is 11.2 Å². The molecule has 2 saturated carbocycles. The minimum atomic E-state index is -0.638. The summed E-state index contributed by atoms with van der Waals surface area (Å²) >= 11 is 0. The van der Waals surface area contributed by atoms with Crippen LogP contribution in [0.25, 0.3) is 0 Å². The first-order valence-electron chi connectivity index (χ1n) is 9.26.